The number of nitrogens with one attached hydrogen (secondary N) is 3. The van der Waals surface area contributed by atoms with Gasteiger partial charge in [-0.15, -0.1) is 11.3 Å². The van der Waals surface area contributed by atoms with Crippen molar-refractivity contribution in [2.75, 3.05) is 25.4 Å². The quantitative estimate of drug-likeness (QED) is 0.406. The third kappa shape index (κ3) is 7.61. The standard InChI is InChI=1S/C20H30N4O2S2/c1-4-21-19(23-16-20(2,3)18-11-8-13-27-18)22-12-14-28(25,26)24-15-17-9-6-5-7-10-17/h5-11,13,24H,4,12,14-16H2,1-3H3,(H2,21,22,23). The summed E-state index contributed by atoms with van der Waals surface area (Å²) in [6, 6.07) is 13.6. The van der Waals surface area contributed by atoms with Crippen molar-refractivity contribution in [1.29, 1.82) is 0 Å². The molecule has 0 amide bonds. The number of guanidine groups is 1. The van der Waals surface area contributed by atoms with Crippen LogP contribution in [0.4, 0.5) is 0 Å². The van der Waals surface area contributed by atoms with Crippen LogP contribution in [-0.4, -0.2) is 39.8 Å². The molecule has 8 heteroatoms. The molecule has 0 spiro atoms. The molecular weight excluding hydrogens is 392 g/mol. The molecule has 0 radical (unpaired) electrons. The molecule has 0 aliphatic rings. The Labute approximate surface area is 172 Å². The molecule has 0 aliphatic carbocycles. The van der Waals surface area contributed by atoms with Crippen LogP contribution in [0.1, 0.15) is 31.2 Å². The highest BCUT2D eigenvalue weighted by Gasteiger charge is 2.21. The van der Waals surface area contributed by atoms with Crippen molar-refractivity contribution >= 4 is 27.3 Å². The molecule has 28 heavy (non-hydrogen) atoms. The molecule has 154 valence electrons. The minimum Gasteiger partial charge on any atom is -0.357 e. The van der Waals surface area contributed by atoms with Gasteiger partial charge in [0, 0.05) is 29.9 Å². The summed E-state index contributed by atoms with van der Waals surface area (Å²) in [5, 5.41) is 8.35. The number of hydrogen-bond donors (Lipinski definition) is 3. The summed E-state index contributed by atoms with van der Waals surface area (Å²) >= 11 is 1.72. The van der Waals surface area contributed by atoms with Crippen molar-refractivity contribution in [3.05, 3.63) is 58.3 Å². The lowest BCUT2D eigenvalue weighted by Gasteiger charge is -2.21. The predicted octanol–water partition coefficient (Wildman–Crippen LogP) is 2.70. The van der Waals surface area contributed by atoms with E-state index in [0.29, 0.717) is 25.6 Å². The summed E-state index contributed by atoms with van der Waals surface area (Å²) in [4.78, 5) is 5.92. The molecule has 1 heterocycles. The van der Waals surface area contributed by atoms with Crippen LogP contribution < -0.4 is 15.4 Å². The highest BCUT2D eigenvalue weighted by molar-refractivity contribution is 7.89. The Morgan fingerprint density at radius 1 is 1.11 bits per heavy atom. The first kappa shape index (κ1) is 22.4. The van der Waals surface area contributed by atoms with Crippen molar-refractivity contribution in [1.82, 2.24) is 15.4 Å². The van der Waals surface area contributed by atoms with Gasteiger partial charge in [-0.05, 0) is 23.9 Å². The first-order chi connectivity index (χ1) is 13.3. The van der Waals surface area contributed by atoms with Gasteiger partial charge >= 0.3 is 0 Å². The van der Waals surface area contributed by atoms with E-state index < -0.39 is 10.0 Å². The van der Waals surface area contributed by atoms with Gasteiger partial charge in [-0.1, -0.05) is 50.2 Å². The zero-order valence-electron chi connectivity index (χ0n) is 16.7. The van der Waals surface area contributed by atoms with Crippen molar-refractivity contribution in [3.8, 4) is 0 Å². The van der Waals surface area contributed by atoms with Gasteiger partial charge in [0.15, 0.2) is 5.96 Å². The summed E-state index contributed by atoms with van der Waals surface area (Å²) in [6.07, 6.45) is 0. The molecule has 1 aromatic carbocycles. The lowest BCUT2D eigenvalue weighted by atomic mass is 9.92. The van der Waals surface area contributed by atoms with Crippen LogP contribution in [0.5, 0.6) is 0 Å². The molecule has 6 nitrogen and oxygen atoms in total. The fourth-order valence-corrected chi connectivity index (χ4v) is 4.27. The molecule has 0 atom stereocenters. The average molecular weight is 423 g/mol. The van der Waals surface area contributed by atoms with Gasteiger partial charge in [-0.25, -0.2) is 13.1 Å². The van der Waals surface area contributed by atoms with Gasteiger partial charge in [-0.3, -0.25) is 4.99 Å². The molecule has 0 aliphatic heterocycles. The second-order valence-electron chi connectivity index (χ2n) is 7.11. The van der Waals surface area contributed by atoms with Gasteiger partial charge in [0.25, 0.3) is 0 Å². The van der Waals surface area contributed by atoms with Gasteiger partial charge in [0.2, 0.25) is 10.0 Å². The Morgan fingerprint density at radius 2 is 1.86 bits per heavy atom. The van der Waals surface area contributed by atoms with Crippen LogP contribution in [0.25, 0.3) is 0 Å². The number of sulfonamides is 1. The molecule has 0 bridgehead atoms. The number of aliphatic imine (C=N–C) groups is 1. The minimum atomic E-state index is -3.36. The van der Waals surface area contributed by atoms with Crippen molar-refractivity contribution in [3.63, 3.8) is 0 Å². The van der Waals surface area contributed by atoms with E-state index in [-0.39, 0.29) is 17.7 Å². The first-order valence-electron chi connectivity index (χ1n) is 9.40. The molecule has 1 aromatic heterocycles. The molecule has 2 rings (SSSR count). The van der Waals surface area contributed by atoms with Gasteiger partial charge in [0.05, 0.1) is 12.3 Å². The maximum atomic E-state index is 12.2. The molecular formula is C20H30N4O2S2. The lowest BCUT2D eigenvalue weighted by molar-refractivity contribution is 0.548. The molecule has 0 unspecified atom stereocenters. The largest absolute Gasteiger partial charge is 0.357 e. The number of nitrogens with zero attached hydrogens (tertiary/aromatic N) is 1. The number of rotatable bonds is 10. The van der Waals surface area contributed by atoms with Crippen molar-refractivity contribution in [2.24, 2.45) is 4.99 Å². The minimum absolute atomic E-state index is 0.0153. The van der Waals surface area contributed by atoms with E-state index in [1.807, 2.05) is 43.3 Å². The Morgan fingerprint density at radius 3 is 2.50 bits per heavy atom. The molecule has 0 saturated carbocycles. The number of hydrogen-bond acceptors (Lipinski definition) is 4. The van der Waals surface area contributed by atoms with E-state index in [2.05, 4.69) is 45.6 Å². The van der Waals surface area contributed by atoms with Crippen molar-refractivity contribution < 1.29 is 8.42 Å². The lowest BCUT2D eigenvalue weighted by Crippen LogP contribution is -2.41. The SMILES string of the molecule is CCNC(=NCC(C)(C)c1cccs1)NCCS(=O)(=O)NCc1ccccc1. The highest BCUT2D eigenvalue weighted by Crippen LogP contribution is 2.27. The van der Waals surface area contributed by atoms with Crippen LogP contribution in [0.3, 0.4) is 0 Å². The molecule has 0 fully saturated rings. The fourth-order valence-electron chi connectivity index (χ4n) is 2.53. The smallest absolute Gasteiger partial charge is 0.213 e. The average Bonchev–Trinajstić information content (AvgIpc) is 3.21. The summed E-state index contributed by atoms with van der Waals surface area (Å²) < 4.78 is 27.0. The second-order valence-corrected chi connectivity index (χ2v) is 9.98. The maximum Gasteiger partial charge on any atom is 0.213 e. The van der Waals surface area contributed by atoms with E-state index in [4.69, 9.17) is 0 Å². The van der Waals surface area contributed by atoms with E-state index in [9.17, 15) is 8.42 Å². The first-order valence-corrected chi connectivity index (χ1v) is 11.9. The van der Waals surface area contributed by atoms with Crippen molar-refractivity contribution in [2.45, 2.75) is 32.7 Å². The molecule has 2 aromatic rings. The van der Waals surface area contributed by atoms with Crippen LogP contribution in [0, 0.1) is 0 Å². The van der Waals surface area contributed by atoms with Crippen LogP contribution in [0.15, 0.2) is 52.8 Å². The van der Waals surface area contributed by atoms with Crippen LogP contribution >= 0.6 is 11.3 Å². The molecule has 0 saturated heterocycles. The summed E-state index contributed by atoms with van der Waals surface area (Å²) in [5.74, 6) is 0.615. The highest BCUT2D eigenvalue weighted by atomic mass is 32.2. The monoisotopic (exact) mass is 422 g/mol. The van der Waals surface area contributed by atoms with Crippen LogP contribution in [-0.2, 0) is 22.0 Å². The van der Waals surface area contributed by atoms with Gasteiger partial charge < -0.3 is 10.6 Å². The topological polar surface area (TPSA) is 82.6 Å². The van der Waals surface area contributed by atoms with E-state index in [1.165, 1.54) is 4.88 Å². The second kappa shape index (κ2) is 10.6. The third-order valence-electron chi connectivity index (χ3n) is 4.17. The van der Waals surface area contributed by atoms with E-state index in [0.717, 1.165) is 5.56 Å². The van der Waals surface area contributed by atoms with Gasteiger partial charge in [0.1, 0.15) is 0 Å². The predicted molar refractivity (Wildman–Crippen MR) is 118 cm³/mol. The normalized spacial score (nSPS) is 12.8. The summed E-state index contributed by atoms with van der Waals surface area (Å²) in [5.41, 5.74) is 0.865. The Hall–Kier alpha value is -1.90. The van der Waals surface area contributed by atoms with E-state index >= 15 is 0 Å². The maximum absolute atomic E-state index is 12.2. The summed E-state index contributed by atoms with van der Waals surface area (Å²) in [7, 11) is -3.36. The Kier molecular flexibility index (Phi) is 8.47. The molecule has 3 N–H and O–H groups in total. The van der Waals surface area contributed by atoms with Gasteiger partial charge in [-0.2, -0.15) is 0 Å². The Bertz CT molecular complexity index is 832. The van der Waals surface area contributed by atoms with E-state index in [1.54, 1.807) is 11.3 Å². The summed E-state index contributed by atoms with van der Waals surface area (Å²) in [6.45, 7) is 8.21. The fraction of sp³-hybridized carbons (Fsp3) is 0.450. The number of thiophene rings is 1. The Balaban J connectivity index is 1.84. The number of benzene rings is 1. The zero-order chi connectivity index (χ0) is 20.5. The third-order valence-corrected chi connectivity index (χ3v) is 6.73. The van der Waals surface area contributed by atoms with Crippen LogP contribution in [0.2, 0.25) is 0 Å². The zero-order valence-corrected chi connectivity index (χ0v) is 18.4.